The Balaban J connectivity index is 1.47. The summed E-state index contributed by atoms with van der Waals surface area (Å²) in [5.41, 5.74) is 0.720. The van der Waals surface area contributed by atoms with Crippen LogP contribution < -0.4 is 18.9 Å². The van der Waals surface area contributed by atoms with E-state index < -0.39 is 42.1 Å². The first-order valence-electron chi connectivity index (χ1n) is 12.6. The highest BCUT2D eigenvalue weighted by atomic mass is 79.9. The Hall–Kier alpha value is -3.12. The van der Waals surface area contributed by atoms with Gasteiger partial charge in [0.1, 0.15) is 18.2 Å². The van der Waals surface area contributed by atoms with Crippen LogP contribution >= 0.6 is 15.9 Å². The van der Waals surface area contributed by atoms with Gasteiger partial charge in [-0.15, -0.1) is 5.10 Å². The molecule has 1 aromatic carbocycles. The summed E-state index contributed by atoms with van der Waals surface area (Å²) in [6.45, 7) is 9.16. The van der Waals surface area contributed by atoms with Crippen molar-refractivity contribution >= 4 is 46.1 Å². The average molecular weight is 673 g/mol. The number of carbonyl (C=O) groups excluding carboxylic acids is 1. The Morgan fingerprint density at radius 3 is 2.71 bits per heavy atom. The van der Waals surface area contributed by atoms with Crippen LogP contribution in [-0.2, 0) is 28.2 Å². The SMILES string of the molecule is CNS(=O)(=O)Nc1nccc(CN2C(=O)Oc3cc(Oc4nc(Br)nn4COCC[Si](C)(C)C)ccc3C2C)c1F. The van der Waals surface area contributed by atoms with Gasteiger partial charge >= 0.3 is 12.1 Å². The minimum absolute atomic E-state index is 0.0537. The van der Waals surface area contributed by atoms with Crippen LogP contribution in [0.3, 0.4) is 0 Å². The number of hydrogen-bond donors (Lipinski definition) is 2. The van der Waals surface area contributed by atoms with Crippen LogP contribution in [0.15, 0.2) is 35.2 Å². The molecule has 17 heteroatoms. The van der Waals surface area contributed by atoms with Crippen molar-refractivity contribution in [2.75, 3.05) is 18.4 Å². The summed E-state index contributed by atoms with van der Waals surface area (Å²) in [5, 5.41) is 4.25. The van der Waals surface area contributed by atoms with Crippen molar-refractivity contribution in [1.29, 1.82) is 0 Å². The number of halogens is 2. The second kappa shape index (κ2) is 12.4. The van der Waals surface area contributed by atoms with Crippen LogP contribution in [0.25, 0.3) is 0 Å². The van der Waals surface area contributed by atoms with Crippen LogP contribution in [-0.4, -0.2) is 60.9 Å². The molecule has 2 aromatic heterocycles. The molecule has 222 valence electrons. The highest BCUT2D eigenvalue weighted by Gasteiger charge is 2.33. The van der Waals surface area contributed by atoms with E-state index in [1.165, 1.54) is 28.9 Å². The largest absolute Gasteiger partial charge is 0.424 e. The minimum atomic E-state index is -3.98. The van der Waals surface area contributed by atoms with Gasteiger partial charge in [0.15, 0.2) is 11.6 Å². The Morgan fingerprint density at radius 2 is 2.00 bits per heavy atom. The lowest BCUT2D eigenvalue weighted by Gasteiger charge is -2.34. The second-order valence-corrected chi connectivity index (χ2v) is 18.4. The zero-order valence-electron chi connectivity index (χ0n) is 23.1. The fourth-order valence-electron chi connectivity index (χ4n) is 3.83. The molecule has 2 N–H and O–H groups in total. The smallest absolute Gasteiger partial charge is 0.416 e. The number of amides is 1. The van der Waals surface area contributed by atoms with Gasteiger partial charge in [0.05, 0.1) is 12.6 Å². The molecule has 1 unspecified atom stereocenters. The Labute approximate surface area is 246 Å². The Bertz CT molecular complexity index is 1540. The number of aromatic nitrogens is 4. The molecule has 0 bridgehead atoms. The number of anilines is 1. The van der Waals surface area contributed by atoms with Crippen molar-refractivity contribution in [3.05, 3.63) is 52.1 Å². The van der Waals surface area contributed by atoms with Gasteiger partial charge in [-0.05, 0) is 47.1 Å². The third-order valence-electron chi connectivity index (χ3n) is 6.18. The van der Waals surface area contributed by atoms with Crippen LogP contribution in [0, 0.1) is 5.82 Å². The fraction of sp³-hybridized carbons (Fsp3) is 0.417. The van der Waals surface area contributed by atoms with Gasteiger partial charge in [0.2, 0.25) is 4.73 Å². The molecule has 0 radical (unpaired) electrons. The van der Waals surface area contributed by atoms with E-state index in [1.807, 2.05) is 9.44 Å². The number of nitrogens with zero attached hydrogens (tertiary/aromatic N) is 5. The van der Waals surface area contributed by atoms with Crippen molar-refractivity contribution in [1.82, 2.24) is 29.4 Å². The van der Waals surface area contributed by atoms with Crippen LogP contribution in [0.2, 0.25) is 25.7 Å². The molecule has 0 saturated carbocycles. The lowest BCUT2D eigenvalue weighted by molar-refractivity contribution is 0.0728. The maximum atomic E-state index is 15.1. The second-order valence-electron chi connectivity index (χ2n) is 10.4. The van der Waals surface area contributed by atoms with Crippen LogP contribution in [0.5, 0.6) is 17.5 Å². The van der Waals surface area contributed by atoms with Gasteiger partial charge in [-0.2, -0.15) is 18.1 Å². The molecular weight excluding hydrogens is 641 g/mol. The van der Waals surface area contributed by atoms with E-state index in [4.69, 9.17) is 14.2 Å². The van der Waals surface area contributed by atoms with E-state index in [-0.39, 0.29) is 30.6 Å². The third-order valence-corrected chi connectivity index (χ3v) is 9.21. The quantitative estimate of drug-likeness (QED) is 0.207. The lowest BCUT2D eigenvalue weighted by Crippen LogP contribution is -2.39. The number of pyridine rings is 1. The number of carbonyl (C=O) groups is 1. The topological polar surface area (TPSA) is 150 Å². The van der Waals surface area contributed by atoms with E-state index >= 15 is 4.39 Å². The van der Waals surface area contributed by atoms with E-state index in [0.717, 1.165) is 6.04 Å². The molecule has 13 nitrogen and oxygen atoms in total. The van der Waals surface area contributed by atoms with Gasteiger partial charge in [-0.1, -0.05) is 19.6 Å². The third kappa shape index (κ3) is 7.79. The number of fused-ring (bicyclic) bond motifs is 1. The van der Waals surface area contributed by atoms with E-state index in [0.29, 0.717) is 22.7 Å². The molecule has 3 aromatic rings. The standard InChI is InChI=1S/C24H31BrFN7O6SSi/c1-15-18-7-6-17(38-23-29-22(25)30-33(23)14-37-10-11-41(3,4)5)12-19(18)39-24(34)32(15)13-16-8-9-28-21(20(16)26)31-40(35,36)27-2/h6-9,12,15,27H,10-11,13-14H2,1-5H3,(H,28,31). The molecule has 0 saturated heterocycles. The Morgan fingerprint density at radius 1 is 1.24 bits per heavy atom. The molecule has 4 rings (SSSR count). The summed E-state index contributed by atoms with van der Waals surface area (Å²) in [5.74, 6) is -0.744. The van der Waals surface area contributed by atoms with Crippen molar-refractivity contribution in [2.45, 2.75) is 51.9 Å². The van der Waals surface area contributed by atoms with Crippen molar-refractivity contribution in [3.8, 4) is 17.5 Å². The van der Waals surface area contributed by atoms with Crippen molar-refractivity contribution in [2.24, 2.45) is 0 Å². The van der Waals surface area contributed by atoms with Gasteiger partial charge in [-0.3, -0.25) is 9.62 Å². The predicted octanol–water partition coefficient (Wildman–Crippen LogP) is 4.63. The van der Waals surface area contributed by atoms with Crippen molar-refractivity contribution in [3.63, 3.8) is 0 Å². The normalized spacial score (nSPS) is 15.4. The van der Waals surface area contributed by atoms with E-state index in [2.05, 4.69) is 50.6 Å². The maximum Gasteiger partial charge on any atom is 0.416 e. The van der Waals surface area contributed by atoms with E-state index in [1.54, 1.807) is 25.1 Å². The minimum Gasteiger partial charge on any atom is -0.424 e. The summed E-state index contributed by atoms with van der Waals surface area (Å²) in [6.07, 6.45) is 0.537. The zero-order valence-corrected chi connectivity index (χ0v) is 26.5. The van der Waals surface area contributed by atoms with Crippen LogP contribution in [0.1, 0.15) is 24.1 Å². The fourth-order valence-corrected chi connectivity index (χ4v) is 5.43. The van der Waals surface area contributed by atoms with Gasteiger partial charge in [0, 0.05) is 45.1 Å². The summed E-state index contributed by atoms with van der Waals surface area (Å²) in [6, 6.07) is 7.07. The number of hydrogen-bond acceptors (Lipinski definition) is 9. The van der Waals surface area contributed by atoms with Gasteiger partial charge < -0.3 is 14.2 Å². The lowest BCUT2D eigenvalue weighted by atomic mass is 10.0. The molecule has 0 spiro atoms. The monoisotopic (exact) mass is 671 g/mol. The Kier molecular flexibility index (Phi) is 9.32. The molecule has 41 heavy (non-hydrogen) atoms. The number of rotatable bonds is 12. The van der Waals surface area contributed by atoms with Gasteiger partial charge in [0.25, 0.3) is 10.2 Å². The molecular formula is C24H31BrFN7O6SSi. The number of ether oxygens (including phenoxy) is 3. The summed E-state index contributed by atoms with van der Waals surface area (Å²) in [7, 11) is -4.04. The average Bonchev–Trinajstić information content (AvgIpc) is 3.24. The van der Waals surface area contributed by atoms with Crippen molar-refractivity contribution < 1.29 is 31.8 Å². The molecule has 1 aliphatic rings. The first kappa shape index (κ1) is 30.8. The first-order chi connectivity index (χ1) is 19.3. The number of benzene rings is 1. The van der Waals surface area contributed by atoms with Gasteiger partial charge in [-0.25, -0.2) is 18.9 Å². The molecule has 0 aliphatic carbocycles. The summed E-state index contributed by atoms with van der Waals surface area (Å²) in [4.78, 5) is 22.3. The highest BCUT2D eigenvalue weighted by Crippen LogP contribution is 2.39. The molecule has 0 fully saturated rings. The predicted molar refractivity (Wildman–Crippen MR) is 154 cm³/mol. The zero-order chi connectivity index (χ0) is 29.9. The first-order valence-corrected chi connectivity index (χ1v) is 18.6. The molecule has 3 heterocycles. The maximum absolute atomic E-state index is 15.1. The molecule has 1 atom stereocenters. The molecule has 1 amide bonds. The molecule has 1 aliphatic heterocycles. The van der Waals surface area contributed by atoms with E-state index in [9.17, 15) is 13.2 Å². The number of nitrogens with one attached hydrogen (secondary N) is 2. The highest BCUT2D eigenvalue weighted by molar-refractivity contribution is 9.10. The summed E-state index contributed by atoms with van der Waals surface area (Å²) < 4.78 is 61.7. The van der Waals surface area contributed by atoms with Crippen LogP contribution in [0.4, 0.5) is 15.0 Å². The summed E-state index contributed by atoms with van der Waals surface area (Å²) >= 11 is 3.26.